The van der Waals surface area contributed by atoms with Gasteiger partial charge in [-0.1, -0.05) is 30.3 Å². The minimum atomic E-state index is 0.448. The molecule has 5 nitrogen and oxygen atoms in total. The summed E-state index contributed by atoms with van der Waals surface area (Å²) in [5.74, 6) is 0.448. The summed E-state index contributed by atoms with van der Waals surface area (Å²) in [6.45, 7) is 0.506. The van der Waals surface area contributed by atoms with Crippen LogP contribution in [0.2, 0.25) is 0 Å². The van der Waals surface area contributed by atoms with Crippen molar-refractivity contribution >= 4 is 11.0 Å². The van der Waals surface area contributed by atoms with Gasteiger partial charge in [-0.05, 0) is 5.56 Å². The van der Waals surface area contributed by atoms with Gasteiger partial charge >= 0.3 is 0 Å². The van der Waals surface area contributed by atoms with Crippen molar-refractivity contribution in [1.82, 2.24) is 15.0 Å². The maximum Gasteiger partial charge on any atom is 0.227 e. The van der Waals surface area contributed by atoms with E-state index in [0.29, 0.717) is 29.1 Å². The quantitative estimate of drug-likeness (QED) is 0.785. The van der Waals surface area contributed by atoms with E-state index < -0.39 is 0 Å². The molecule has 0 atom stereocenters. The standard InChI is InChI=1S/C15H12N4O/c16-8-12-9-17-14-13(12)15(19-10-18-14)20-7-6-11-4-2-1-3-5-11/h1-5,9-10H,6-7H2,(H,17,18,19). The number of nitriles is 1. The topological polar surface area (TPSA) is 74.6 Å². The Bertz CT molecular complexity index is 758. The molecule has 20 heavy (non-hydrogen) atoms. The van der Waals surface area contributed by atoms with Crippen molar-refractivity contribution < 1.29 is 4.74 Å². The second kappa shape index (κ2) is 5.41. The molecule has 5 heteroatoms. The normalized spacial score (nSPS) is 10.3. The summed E-state index contributed by atoms with van der Waals surface area (Å²) in [5, 5.41) is 9.71. The van der Waals surface area contributed by atoms with Gasteiger partial charge in [-0.15, -0.1) is 0 Å². The molecule has 0 aliphatic rings. The molecule has 1 N–H and O–H groups in total. The average Bonchev–Trinajstić information content (AvgIpc) is 2.92. The number of hydrogen-bond acceptors (Lipinski definition) is 4. The van der Waals surface area contributed by atoms with E-state index in [9.17, 15) is 0 Å². The molecule has 3 rings (SSSR count). The average molecular weight is 264 g/mol. The minimum absolute atomic E-state index is 0.448. The van der Waals surface area contributed by atoms with E-state index in [1.807, 2.05) is 18.2 Å². The third-order valence-corrected chi connectivity index (χ3v) is 3.03. The Morgan fingerprint density at radius 1 is 1.20 bits per heavy atom. The molecule has 0 radical (unpaired) electrons. The summed E-state index contributed by atoms with van der Waals surface area (Å²) in [4.78, 5) is 11.1. The summed E-state index contributed by atoms with van der Waals surface area (Å²) in [6.07, 6.45) is 3.83. The highest BCUT2D eigenvalue weighted by Crippen LogP contribution is 2.24. The first-order valence-electron chi connectivity index (χ1n) is 6.27. The van der Waals surface area contributed by atoms with Crippen molar-refractivity contribution in [3.63, 3.8) is 0 Å². The molecular formula is C15H12N4O. The van der Waals surface area contributed by atoms with Crippen molar-refractivity contribution in [3.05, 3.63) is 54.0 Å². The predicted molar refractivity (Wildman–Crippen MR) is 74.2 cm³/mol. The van der Waals surface area contributed by atoms with Crippen LogP contribution in [0.4, 0.5) is 0 Å². The van der Waals surface area contributed by atoms with Crippen LogP contribution in [0.1, 0.15) is 11.1 Å². The molecule has 0 fully saturated rings. The van der Waals surface area contributed by atoms with Crippen LogP contribution >= 0.6 is 0 Å². The maximum absolute atomic E-state index is 9.07. The van der Waals surface area contributed by atoms with Gasteiger partial charge in [0.25, 0.3) is 0 Å². The van der Waals surface area contributed by atoms with Gasteiger partial charge in [0.05, 0.1) is 17.6 Å². The number of H-pyrrole nitrogens is 1. The number of ether oxygens (including phenoxy) is 1. The Balaban J connectivity index is 1.78. The van der Waals surface area contributed by atoms with Crippen molar-refractivity contribution in [1.29, 1.82) is 5.26 Å². The van der Waals surface area contributed by atoms with Crippen molar-refractivity contribution in [2.24, 2.45) is 0 Å². The SMILES string of the molecule is N#Cc1c[nH]c2ncnc(OCCc3ccccc3)c12. The van der Waals surface area contributed by atoms with Crippen molar-refractivity contribution in [3.8, 4) is 11.9 Å². The van der Waals surface area contributed by atoms with E-state index in [0.717, 1.165) is 6.42 Å². The lowest BCUT2D eigenvalue weighted by atomic mass is 10.2. The summed E-state index contributed by atoms with van der Waals surface area (Å²) in [6, 6.07) is 12.2. The maximum atomic E-state index is 9.07. The van der Waals surface area contributed by atoms with Gasteiger partial charge in [0.1, 0.15) is 18.0 Å². The number of fused-ring (bicyclic) bond motifs is 1. The van der Waals surface area contributed by atoms with Gasteiger partial charge in [-0.2, -0.15) is 5.26 Å². The van der Waals surface area contributed by atoms with Gasteiger partial charge in [-0.3, -0.25) is 0 Å². The largest absolute Gasteiger partial charge is 0.477 e. The highest BCUT2D eigenvalue weighted by atomic mass is 16.5. The highest BCUT2D eigenvalue weighted by Gasteiger charge is 2.11. The van der Waals surface area contributed by atoms with Crippen LogP contribution < -0.4 is 4.74 Å². The lowest BCUT2D eigenvalue weighted by Gasteiger charge is -2.06. The highest BCUT2D eigenvalue weighted by molar-refractivity contribution is 5.87. The second-order valence-electron chi connectivity index (χ2n) is 4.30. The molecular weight excluding hydrogens is 252 g/mol. The Morgan fingerprint density at radius 2 is 2.05 bits per heavy atom. The molecule has 98 valence electrons. The minimum Gasteiger partial charge on any atom is -0.477 e. The number of nitrogens with zero attached hydrogens (tertiary/aromatic N) is 3. The lowest BCUT2D eigenvalue weighted by Crippen LogP contribution is -2.03. The number of nitrogens with one attached hydrogen (secondary N) is 1. The molecule has 0 saturated carbocycles. The van der Waals surface area contributed by atoms with Gasteiger partial charge in [-0.25, -0.2) is 9.97 Å². The van der Waals surface area contributed by atoms with Gasteiger partial charge < -0.3 is 9.72 Å². The number of aromatic amines is 1. The smallest absolute Gasteiger partial charge is 0.227 e. The number of benzene rings is 1. The van der Waals surface area contributed by atoms with Crippen LogP contribution in [0.5, 0.6) is 5.88 Å². The Kier molecular flexibility index (Phi) is 3.29. The molecule has 2 aromatic heterocycles. The second-order valence-corrected chi connectivity index (χ2v) is 4.30. The summed E-state index contributed by atoms with van der Waals surface area (Å²) in [5.41, 5.74) is 2.31. The number of aromatic nitrogens is 3. The molecule has 3 aromatic rings. The third kappa shape index (κ3) is 2.31. The molecule has 0 aliphatic carbocycles. The third-order valence-electron chi connectivity index (χ3n) is 3.03. The summed E-state index contributed by atoms with van der Waals surface area (Å²) >= 11 is 0. The van der Waals surface area contributed by atoms with Crippen molar-refractivity contribution in [2.45, 2.75) is 6.42 Å². The van der Waals surface area contributed by atoms with Crippen LogP contribution in [-0.4, -0.2) is 21.6 Å². The van der Waals surface area contributed by atoms with Crippen molar-refractivity contribution in [2.75, 3.05) is 6.61 Å². The Morgan fingerprint density at radius 3 is 2.85 bits per heavy atom. The first kappa shape index (κ1) is 12.2. The fourth-order valence-electron chi connectivity index (χ4n) is 2.04. The van der Waals surface area contributed by atoms with Crippen LogP contribution in [0, 0.1) is 11.3 Å². The molecule has 0 aliphatic heterocycles. The first-order chi connectivity index (χ1) is 9.88. The van der Waals surface area contributed by atoms with Crippen LogP contribution in [-0.2, 0) is 6.42 Å². The van der Waals surface area contributed by atoms with E-state index in [-0.39, 0.29) is 0 Å². The molecule has 0 unspecified atom stereocenters. The fourth-order valence-corrected chi connectivity index (χ4v) is 2.04. The van der Waals surface area contributed by atoms with Gasteiger partial charge in [0.2, 0.25) is 5.88 Å². The Labute approximate surface area is 115 Å². The van der Waals surface area contributed by atoms with Gasteiger partial charge in [0.15, 0.2) is 0 Å². The van der Waals surface area contributed by atoms with Crippen LogP contribution in [0.3, 0.4) is 0 Å². The fraction of sp³-hybridized carbons (Fsp3) is 0.133. The molecule has 0 amide bonds. The van der Waals surface area contributed by atoms with E-state index in [1.54, 1.807) is 6.20 Å². The molecule has 0 spiro atoms. The number of rotatable bonds is 4. The zero-order valence-corrected chi connectivity index (χ0v) is 10.7. The van der Waals surface area contributed by atoms with Crippen LogP contribution in [0.25, 0.3) is 11.0 Å². The predicted octanol–water partition coefficient (Wildman–Crippen LogP) is 2.45. The first-order valence-corrected chi connectivity index (χ1v) is 6.27. The van der Waals surface area contributed by atoms with Gasteiger partial charge in [0, 0.05) is 12.6 Å². The molecule has 2 heterocycles. The molecule has 0 saturated heterocycles. The van der Waals surface area contributed by atoms with E-state index in [2.05, 4.69) is 33.2 Å². The Hall–Kier alpha value is -2.87. The van der Waals surface area contributed by atoms with E-state index in [4.69, 9.17) is 10.00 Å². The monoisotopic (exact) mass is 264 g/mol. The zero-order chi connectivity index (χ0) is 13.8. The lowest BCUT2D eigenvalue weighted by molar-refractivity contribution is 0.313. The molecule has 0 bridgehead atoms. The summed E-state index contributed by atoms with van der Waals surface area (Å²) < 4.78 is 5.70. The zero-order valence-electron chi connectivity index (χ0n) is 10.7. The molecule has 1 aromatic carbocycles. The van der Waals surface area contributed by atoms with Crippen LogP contribution in [0.15, 0.2) is 42.9 Å². The van der Waals surface area contributed by atoms with E-state index in [1.165, 1.54) is 11.9 Å². The summed E-state index contributed by atoms with van der Waals surface area (Å²) in [7, 11) is 0. The van der Waals surface area contributed by atoms with E-state index >= 15 is 0 Å². The number of hydrogen-bond donors (Lipinski definition) is 1.